The van der Waals surface area contributed by atoms with Crippen LogP contribution in [0.15, 0.2) is 0 Å². The molecule has 3 unspecified atom stereocenters. The van der Waals surface area contributed by atoms with Crippen molar-refractivity contribution in [3.05, 3.63) is 0 Å². The Kier molecular flexibility index (Phi) is 6.37. The number of nitrogens with zero attached hydrogens (tertiary/aromatic N) is 1. The first-order valence-corrected chi connectivity index (χ1v) is 7.18. The van der Waals surface area contributed by atoms with E-state index in [1.807, 2.05) is 0 Å². The predicted molar refractivity (Wildman–Crippen MR) is 71.8 cm³/mol. The molecule has 0 aliphatic carbocycles. The third kappa shape index (κ3) is 4.06. The van der Waals surface area contributed by atoms with Crippen molar-refractivity contribution >= 4 is 0 Å². The average Bonchev–Trinajstić information content (AvgIpc) is 2.34. The topological polar surface area (TPSA) is 15.3 Å². The van der Waals surface area contributed by atoms with E-state index in [4.69, 9.17) is 0 Å². The fourth-order valence-corrected chi connectivity index (χ4v) is 2.65. The fraction of sp³-hybridized carbons (Fsp3) is 1.00. The predicted octanol–water partition coefficient (Wildman–Crippen LogP) is 2.89. The van der Waals surface area contributed by atoms with Crippen molar-refractivity contribution in [3.8, 4) is 0 Å². The second-order valence-electron chi connectivity index (χ2n) is 5.37. The fourth-order valence-electron chi connectivity index (χ4n) is 2.65. The maximum absolute atomic E-state index is 3.70. The van der Waals surface area contributed by atoms with Crippen LogP contribution in [0.2, 0.25) is 0 Å². The normalized spacial score (nSPS) is 29.2. The van der Waals surface area contributed by atoms with Gasteiger partial charge in [-0.1, -0.05) is 27.2 Å². The van der Waals surface area contributed by atoms with E-state index in [1.54, 1.807) is 0 Å². The monoisotopic (exact) mass is 226 g/mol. The highest BCUT2D eigenvalue weighted by Gasteiger charge is 2.27. The van der Waals surface area contributed by atoms with E-state index >= 15 is 0 Å². The van der Waals surface area contributed by atoms with Crippen molar-refractivity contribution in [1.82, 2.24) is 10.2 Å². The molecule has 16 heavy (non-hydrogen) atoms. The highest BCUT2D eigenvalue weighted by molar-refractivity contribution is 4.85. The summed E-state index contributed by atoms with van der Waals surface area (Å²) in [6.07, 6.45) is 5.23. The first kappa shape index (κ1) is 14.0. The molecule has 1 aliphatic heterocycles. The molecule has 1 heterocycles. The van der Waals surface area contributed by atoms with E-state index in [9.17, 15) is 0 Å². The number of rotatable bonds is 6. The summed E-state index contributed by atoms with van der Waals surface area (Å²) in [6, 6.07) is 1.48. The highest BCUT2D eigenvalue weighted by Crippen LogP contribution is 2.22. The third-order valence-electron chi connectivity index (χ3n) is 4.04. The summed E-state index contributed by atoms with van der Waals surface area (Å²) in [5.74, 6) is 0.900. The average molecular weight is 226 g/mol. The minimum absolute atomic E-state index is 0.729. The minimum atomic E-state index is 0.729. The number of hydrogen-bond donors (Lipinski definition) is 1. The molecule has 0 spiro atoms. The van der Waals surface area contributed by atoms with E-state index in [0.29, 0.717) is 0 Å². The van der Waals surface area contributed by atoms with Crippen molar-refractivity contribution in [1.29, 1.82) is 0 Å². The van der Waals surface area contributed by atoms with Crippen LogP contribution in [-0.4, -0.2) is 36.6 Å². The standard InChI is InChI=1S/C14H30N2/c1-5-8-15-14-9-13(7-3)10-16(11-14)12(4)6-2/h12-15H,5-11H2,1-4H3. The van der Waals surface area contributed by atoms with Crippen molar-refractivity contribution in [2.24, 2.45) is 5.92 Å². The first-order valence-electron chi connectivity index (χ1n) is 7.18. The van der Waals surface area contributed by atoms with Gasteiger partial charge in [0.1, 0.15) is 0 Å². The van der Waals surface area contributed by atoms with Crippen molar-refractivity contribution in [3.63, 3.8) is 0 Å². The first-order chi connectivity index (χ1) is 7.71. The van der Waals surface area contributed by atoms with Crippen LogP contribution in [0.3, 0.4) is 0 Å². The van der Waals surface area contributed by atoms with Crippen molar-refractivity contribution in [2.75, 3.05) is 19.6 Å². The van der Waals surface area contributed by atoms with Crippen LogP contribution in [0, 0.1) is 5.92 Å². The largest absolute Gasteiger partial charge is 0.313 e. The lowest BCUT2D eigenvalue weighted by Crippen LogP contribution is -2.51. The van der Waals surface area contributed by atoms with Gasteiger partial charge in [-0.25, -0.2) is 0 Å². The van der Waals surface area contributed by atoms with E-state index < -0.39 is 0 Å². The summed E-state index contributed by atoms with van der Waals surface area (Å²) in [6.45, 7) is 13.0. The van der Waals surface area contributed by atoms with Gasteiger partial charge < -0.3 is 5.32 Å². The SMILES string of the molecule is CCCNC1CC(CC)CN(C(C)CC)C1. The molecule has 2 nitrogen and oxygen atoms in total. The molecule has 1 rings (SSSR count). The van der Waals surface area contributed by atoms with Gasteiger partial charge in [-0.15, -0.1) is 0 Å². The zero-order chi connectivity index (χ0) is 12.0. The Morgan fingerprint density at radius 1 is 1.25 bits per heavy atom. The van der Waals surface area contributed by atoms with Crippen LogP contribution in [0.4, 0.5) is 0 Å². The highest BCUT2D eigenvalue weighted by atomic mass is 15.2. The lowest BCUT2D eigenvalue weighted by Gasteiger charge is -2.41. The second-order valence-corrected chi connectivity index (χ2v) is 5.37. The number of piperidine rings is 1. The van der Waals surface area contributed by atoms with E-state index in [0.717, 1.165) is 18.0 Å². The molecular formula is C14H30N2. The Labute approximate surface area is 102 Å². The molecular weight excluding hydrogens is 196 g/mol. The molecule has 1 N–H and O–H groups in total. The molecule has 0 bridgehead atoms. The molecule has 0 radical (unpaired) electrons. The number of likely N-dealkylation sites (tertiary alicyclic amines) is 1. The lowest BCUT2D eigenvalue weighted by atomic mass is 9.91. The molecule has 0 amide bonds. The van der Waals surface area contributed by atoms with Gasteiger partial charge in [0, 0.05) is 25.2 Å². The third-order valence-corrected chi connectivity index (χ3v) is 4.04. The second kappa shape index (κ2) is 7.29. The Bertz CT molecular complexity index is 182. The lowest BCUT2D eigenvalue weighted by molar-refractivity contribution is 0.101. The summed E-state index contributed by atoms with van der Waals surface area (Å²) in [7, 11) is 0. The molecule has 2 heteroatoms. The summed E-state index contributed by atoms with van der Waals surface area (Å²) in [5.41, 5.74) is 0. The molecule has 0 aromatic rings. The van der Waals surface area contributed by atoms with Gasteiger partial charge in [-0.3, -0.25) is 4.90 Å². The van der Waals surface area contributed by atoms with Crippen LogP contribution in [0.5, 0.6) is 0 Å². The van der Waals surface area contributed by atoms with Gasteiger partial charge in [-0.05, 0) is 38.6 Å². The van der Waals surface area contributed by atoms with Crippen LogP contribution >= 0.6 is 0 Å². The number of nitrogens with one attached hydrogen (secondary N) is 1. The van der Waals surface area contributed by atoms with Crippen molar-refractivity contribution in [2.45, 2.75) is 65.5 Å². The van der Waals surface area contributed by atoms with Crippen LogP contribution in [0.25, 0.3) is 0 Å². The summed E-state index contributed by atoms with van der Waals surface area (Å²) in [4.78, 5) is 2.69. The zero-order valence-corrected chi connectivity index (χ0v) is 11.6. The summed E-state index contributed by atoms with van der Waals surface area (Å²) >= 11 is 0. The van der Waals surface area contributed by atoms with Gasteiger partial charge in [-0.2, -0.15) is 0 Å². The molecule has 1 aliphatic rings. The number of hydrogen-bond acceptors (Lipinski definition) is 2. The van der Waals surface area contributed by atoms with Crippen LogP contribution in [0.1, 0.15) is 53.4 Å². The smallest absolute Gasteiger partial charge is 0.0198 e. The quantitative estimate of drug-likeness (QED) is 0.749. The van der Waals surface area contributed by atoms with Gasteiger partial charge in [0.2, 0.25) is 0 Å². The Morgan fingerprint density at radius 2 is 2.00 bits per heavy atom. The minimum Gasteiger partial charge on any atom is -0.313 e. The van der Waals surface area contributed by atoms with Gasteiger partial charge >= 0.3 is 0 Å². The molecule has 0 aromatic carbocycles. The molecule has 0 saturated carbocycles. The Morgan fingerprint density at radius 3 is 2.56 bits per heavy atom. The van der Waals surface area contributed by atoms with Gasteiger partial charge in [0.25, 0.3) is 0 Å². The summed E-state index contributed by atoms with van der Waals surface area (Å²) in [5, 5.41) is 3.70. The molecule has 3 atom stereocenters. The van der Waals surface area contributed by atoms with Crippen molar-refractivity contribution < 1.29 is 0 Å². The zero-order valence-electron chi connectivity index (χ0n) is 11.6. The molecule has 1 fully saturated rings. The van der Waals surface area contributed by atoms with E-state index in [2.05, 4.69) is 37.9 Å². The van der Waals surface area contributed by atoms with Gasteiger partial charge in [0.15, 0.2) is 0 Å². The Hall–Kier alpha value is -0.0800. The van der Waals surface area contributed by atoms with E-state index in [1.165, 1.54) is 45.3 Å². The van der Waals surface area contributed by atoms with E-state index in [-0.39, 0.29) is 0 Å². The molecule has 96 valence electrons. The van der Waals surface area contributed by atoms with Gasteiger partial charge in [0.05, 0.1) is 0 Å². The Balaban J connectivity index is 2.47. The summed E-state index contributed by atoms with van der Waals surface area (Å²) < 4.78 is 0. The van der Waals surface area contributed by atoms with Crippen LogP contribution in [-0.2, 0) is 0 Å². The maximum atomic E-state index is 3.70. The van der Waals surface area contributed by atoms with Crippen LogP contribution < -0.4 is 5.32 Å². The molecule has 1 saturated heterocycles. The molecule has 0 aromatic heterocycles. The maximum Gasteiger partial charge on any atom is 0.0198 e.